The van der Waals surface area contributed by atoms with Crippen molar-refractivity contribution in [2.24, 2.45) is 0 Å². The van der Waals surface area contributed by atoms with E-state index in [1.54, 1.807) is 6.20 Å². The van der Waals surface area contributed by atoms with Crippen molar-refractivity contribution in [3.8, 4) is 5.75 Å². The molecule has 1 aliphatic heterocycles. The smallest absolute Gasteiger partial charge is 0.416 e. The molecule has 1 saturated carbocycles. The first-order chi connectivity index (χ1) is 22.0. The third kappa shape index (κ3) is 7.20. The Balaban J connectivity index is 1.48. The molecule has 252 valence electrons. The Morgan fingerprint density at radius 3 is 2.02 bits per heavy atom. The van der Waals surface area contributed by atoms with Crippen LogP contribution in [0.5, 0.6) is 5.75 Å². The van der Waals surface area contributed by atoms with Crippen molar-refractivity contribution in [1.29, 1.82) is 0 Å². The number of alkyl halides is 6. The quantitative estimate of drug-likeness (QED) is 0.277. The lowest BCUT2D eigenvalue weighted by molar-refractivity contribution is -0.143. The van der Waals surface area contributed by atoms with Crippen LogP contribution in [0.25, 0.3) is 0 Å². The zero-order valence-corrected chi connectivity index (χ0v) is 25.2. The zero-order valence-electron chi connectivity index (χ0n) is 24.4. The molecule has 2 aliphatic rings. The van der Waals surface area contributed by atoms with Crippen LogP contribution in [0.3, 0.4) is 0 Å². The molecule has 47 heavy (non-hydrogen) atoms. The molecule has 1 amide bonds. The summed E-state index contributed by atoms with van der Waals surface area (Å²) in [7, 11) is -5.06. The molecule has 17 heteroatoms. The maximum Gasteiger partial charge on any atom is 0.416 e. The molecule has 0 unspecified atom stereocenters. The number of rotatable bonds is 8. The van der Waals surface area contributed by atoms with Gasteiger partial charge in [-0.15, -0.1) is 0 Å². The monoisotopic (exact) mass is 686 g/mol. The van der Waals surface area contributed by atoms with E-state index in [0.717, 1.165) is 54.8 Å². The number of carboxylic acid groups (broad SMARTS) is 1. The van der Waals surface area contributed by atoms with Gasteiger partial charge < -0.3 is 15.1 Å². The summed E-state index contributed by atoms with van der Waals surface area (Å²) < 4.78 is 108. The van der Waals surface area contributed by atoms with Gasteiger partial charge in [0.1, 0.15) is 17.4 Å². The van der Waals surface area contributed by atoms with E-state index in [2.05, 4.69) is 9.97 Å². The van der Waals surface area contributed by atoms with Crippen LogP contribution in [-0.2, 0) is 33.7 Å². The second kappa shape index (κ2) is 12.7. The molecule has 10 nitrogen and oxygen atoms in total. The number of aromatic hydroxyl groups is 1. The van der Waals surface area contributed by atoms with Crippen molar-refractivity contribution < 1.29 is 54.6 Å². The Bertz CT molecular complexity index is 1740. The molecule has 1 atom stereocenters. The summed E-state index contributed by atoms with van der Waals surface area (Å²) in [6.07, 6.45) is -2.66. The highest BCUT2D eigenvalue weighted by Crippen LogP contribution is 2.39. The van der Waals surface area contributed by atoms with Crippen molar-refractivity contribution in [2.45, 2.75) is 74.3 Å². The van der Waals surface area contributed by atoms with Gasteiger partial charge in [-0.3, -0.25) is 14.8 Å². The van der Waals surface area contributed by atoms with E-state index in [-0.39, 0.29) is 55.0 Å². The van der Waals surface area contributed by atoms with Crippen molar-refractivity contribution >= 4 is 27.6 Å². The fourth-order valence-corrected chi connectivity index (χ4v) is 7.37. The number of benzene rings is 2. The van der Waals surface area contributed by atoms with Crippen molar-refractivity contribution in [2.75, 3.05) is 11.4 Å². The van der Waals surface area contributed by atoms with E-state index in [0.29, 0.717) is 4.31 Å². The Labute approximate surface area is 264 Å². The Morgan fingerprint density at radius 2 is 1.53 bits per heavy atom. The summed E-state index contributed by atoms with van der Waals surface area (Å²) in [5.41, 5.74) is -3.24. The molecule has 0 bridgehead atoms. The maximum atomic E-state index is 13.9. The third-order valence-electron chi connectivity index (χ3n) is 8.28. The van der Waals surface area contributed by atoms with Gasteiger partial charge in [0, 0.05) is 30.4 Å². The molecule has 1 aromatic heterocycles. The molecule has 2 aromatic carbocycles. The summed E-state index contributed by atoms with van der Waals surface area (Å²) in [5, 5.41) is 19.6. The number of anilines is 1. The number of amides is 1. The molecule has 2 heterocycles. The first-order valence-electron chi connectivity index (χ1n) is 14.5. The van der Waals surface area contributed by atoms with Crippen LogP contribution in [0.4, 0.5) is 32.0 Å². The highest BCUT2D eigenvalue weighted by molar-refractivity contribution is 7.89. The summed E-state index contributed by atoms with van der Waals surface area (Å²) in [5.74, 6) is -2.91. The number of aromatic nitrogens is 2. The number of carbonyl (C=O) groups is 2. The molecular weight excluding hydrogens is 658 g/mol. The number of carboxylic acids is 1. The van der Waals surface area contributed by atoms with E-state index >= 15 is 0 Å². The Hall–Kier alpha value is -4.25. The normalized spacial score (nSPS) is 18.0. The topological polar surface area (TPSA) is 141 Å². The molecule has 3 aromatic rings. The highest BCUT2D eigenvalue weighted by atomic mass is 32.2. The first kappa shape index (κ1) is 34.1. The number of phenols is 1. The number of hydrogen-bond acceptors (Lipinski definition) is 7. The molecule has 5 rings (SSSR count). The first-order valence-corrected chi connectivity index (χ1v) is 15.9. The number of hydrogen-bond donors (Lipinski definition) is 2. The molecule has 0 radical (unpaired) electrons. The standard InChI is InChI=1S/C30H28F6N4O6S/c31-29(32,33)18-10-19(30(34,35)36)12-22(11-18)47(45,46)40-9-8-25(40)27(42)39(21-6-7-23(28(43)44)26(41)13-21)16-20-14-38-24(15-37-20)17-4-2-1-3-5-17/h6-7,10-15,17,25,41H,1-5,8-9,16H2,(H,43,44)/t25-/m1/s1. The second-order valence-corrected chi connectivity index (χ2v) is 13.3. The van der Waals surface area contributed by atoms with E-state index < -0.39 is 67.6 Å². The Morgan fingerprint density at radius 1 is 0.894 bits per heavy atom. The SMILES string of the molecule is O=C(O)c1ccc(N(Cc2cnc(C3CCCCC3)cn2)C(=O)[C@H]2CCN2S(=O)(=O)c2cc(C(F)(F)F)cc(C(F)(F)F)c2)cc1O. The maximum absolute atomic E-state index is 13.9. The highest BCUT2D eigenvalue weighted by Gasteiger charge is 2.46. The largest absolute Gasteiger partial charge is 0.507 e. The van der Waals surface area contributed by atoms with E-state index in [1.165, 1.54) is 12.3 Å². The number of sulfonamides is 1. The van der Waals surface area contributed by atoms with Gasteiger partial charge in [0.15, 0.2) is 0 Å². The summed E-state index contributed by atoms with van der Waals surface area (Å²) in [6, 6.07) is 1.56. The van der Waals surface area contributed by atoms with E-state index in [9.17, 15) is 54.6 Å². The second-order valence-electron chi connectivity index (χ2n) is 11.4. The minimum absolute atomic E-state index is 0.0710. The van der Waals surface area contributed by atoms with Gasteiger partial charge >= 0.3 is 18.3 Å². The third-order valence-corrected chi connectivity index (χ3v) is 10.2. The molecule has 1 saturated heterocycles. The van der Waals surface area contributed by atoms with Gasteiger partial charge in [-0.2, -0.15) is 30.6 Å². The van der Waals surface area contributed by atoms with Crippen LogP contribution in [0.2, 0.25) is 0 Å². The minimum atomic E-state index is -5.30. The number of nitrogens with zero attached hydrogens (tertiary/aromatic N) is 4. The van der Waals surface area contributed by atoms with Gasteiger partial charge in [0.05, 0.1) is 40.2 Å². The lowest BCUT2D eigenvalue weighted by atomic mass is 9.87. The van der Waals surface area contributed by atoms with Gasteiger partial charge in [-0.1, -0.05) is 19.3 Å². The van der Waals surface area contributed by atoms with E-state index in [1.807, 2.05) is 0 Å². The molecule has 0 spiro atoms. The fraction of sp³-hybridized carbons (Fsp3) is 0.400. The van der Waals surface area contributed by atoms with Crippen LogP contribution in [0.1, 0.15) is 77.3 Å². The van der Waals surface area contributed by atoms with Crippen molar-refractivity contribution in [1.82, 2.24) is 14.3 Å². The van der Waals surface area contributed by atoms with Gasteiger partial charge in [0.2, 0.25) is 15.9 Å². The average molecular weight is 687 g/mol. The lowest BCUT2D eigenvalue weighted by Crippen LogP contribution is -2.59. The summed E-state index contributed by atoms with van der Waals surface area (Å²) >= 11 is 0. The summed E-state index contributed by atoms with van der Waals surface area (Å²) in [6.45, 7) is -0.724. The molecule has 2 N–H and O–H groups in total. The van der Waals surface area contributed by atoms with Gasteiger partial charge in [-0.25, -0.2) is 13.2 Å². The molecule has 2 fully saturated rings. The van der Waals surface area contributed by atoms with E-state index in [4.69, 9.17) is 0 Å². The number of halogens is 6. The number of aromatic carboxylic acids is 1. The Kier molecular flexibility index (Phi) is 9.25. The van der Waals surface area contributed by atoms with Gasteiger partial charge in [-0.05, 0) is 49.6 Å². The van der Waals surface area contributed by atoms with Crippen LogP contribution in [-0.4, -0.2) is 57.4 Å². The predicted octanol–water partition coefficient (Wildman–Crippen LogP) is 5.96. The van der Waals surface area contributed by atoms with Crippen molar-refractivity contribution in [3.63, 3.8) is 0 Å². The lowest BCUT2D eigenvalue weighted by Gasteiger charge is -2.41. The van der Waals surface area contributed by atoms with Crippen LogP contribution in [0.15, 0.2) is 53.7 Å². The van der Waals surface area contributed by atoms with Crippen LogP contribution >= 0.6 is 0 Å². The number of carbonyl (C=O) groups excluding carboxylic acids is 1. The fourth-order valence-electron chi connectivity index (χ4n) is 5.67. The van der Waals surface area contributed by atoms with Crippen LogP contribution < -0.4 is 4.90 Å². The summed E-state index contributed by atoms with van der Waals surface area (Å²) in [4.78, 5) is 33.9. The van der Waals surface area contributed by atoms with Gasteiger partial charge in [0.25, 0.3) is 0 Å². The molecule has 1 aliphatic carbocycles. The minimum Gasteiger partial charge on any atom is -0.507 e. The van der Waals surface area contributed by atoms with Crippen molar-refractivity contribution in [3.05, 3.63) is 76.9 Å². The predicted molar refractivity (Wildman–Crippen MR) is 153 cm³/mol. The zero-order chi connectivity index (χ0) is 34.3. The van der Waals surface area contributed by atoms with Crippen LogP contribution in [0, 0.1) is 0 Å². The average Bonchev–Trinajstić information content (AvgIpc) is 2.98. The molecular formula is C30H28F6N4O6S.